The Hall–Kier alpha value is -2.19. The highest BCUT2D eigenvalue weighted by Gasteiger charge is 2.32. The SMILES string of the molecule is Cc1ccc2c(c1)C1Cc3ccc(cc3)Cc3cccc1c3S2=O. The van der Waals surface area contributed by atoms with Crippen LogP contribution < -0.4 is 0 Å². The Labute approximate surface area is 144 Å². The number of hydrogen-bond acceptors (Lipinski definition) is 1. The van der Waals surface area contributed by atoms with E-state index < -0.39 is 10.8 Å². The summed E-state index contributed by atoms with van der Waals surface area (Å²) in [6.45, 7) is 2.12. The number of aryl methyl sites for hydroxylation is 1. The molecule has 118 valence electrons. The van der Waals surface area contributed by atoms with Crippen LogP contribution >= 0.6 is 0 Å². The largest absolute Gasteiger partial charge is 0.249 e. The minimum Gasteiger partial charge on any atom is -0.249 e. The Morgan fingerprint density at radius 2 is 1.71 bits per heavy atom. The quantitative estimate of drug-likeness (QED) is 0.581. The molecule has 0 amide bonds. The van der Waals surface area contributed by atoms with Crippen LogP contribution in [0, 0.1) is 6.92 Å². The first kappa shape index (κ1) is 14.2. The van der Waals surface area contributed by atoms with E-state index in [4.69, 9.17) is 0 Å². The van der Waals surface area contributed by atoms with Gasteiger partial charge in [-0.25, -0.2) is 4.21 Å². The van der Waals surface area contributed by atoms with Crippen molar-refractivity contribution < 1.29 is 4.21 Å². The Morgan fingerprint density at radius 3 is 2.54 bits per heavy atom. The first-order valence-corrected chi connectivity index (χ1v) is 9.57. The molecule has 0 fully saturated rings. The fourth-order valence-corrected chi connectivity index (χ4v) is 5.73. The van der Waals surface area contributed by atoms with Gasteiger partial charge in [0.05, 0.1) is 15.7 Å². The molecule has 3 aliphatic rings. The highest BCUT2D eigenvalue weighted by molar-refractivity contribution is 7.85. The summed E-state index contributed by atoms with van der Waals surface area (Å²) in [5.74, 6) is 0.288. The summed E-state index contributed by atoms with van der Waals surface area (Å²) in [5.41, 5.74) is 7.57. The summed E-state index contributed by atoms with van der Waals surface area (Å²) < 4.78 is 13.3. The minimum absolute atomic E-state index is 0.288. The highest BCUT2D eigenvalue weighted by Crippen LogP contribution is 2.44. The van der Waals surface area contributed by atoms with Gasteiger partial charge in [-0.15, -0.1) is 0 Å². The van der Waals surface area contributed by atoms with Gasteiger partial charge in [-0.1, -0.05) is 60.2 Å². The smallest absolute Gasteiger partial charge is 0.0858 e. The summed E-state index contributed by atoms with van der Waals surface area (Å²) in [7, 11) is -1.08. The molecule has 1 nitrogen and oxygen atoms in total. The molecule has 0 spiro atoms. The second kappa shape index (κ2) is 5.15. The van der Waals surface area contributed by atoms with E-state index in [0.717, 1.165) is 22.6 Å². The van der Waals surface area contributed by atoms with Crippen LogP contribution in [0.3, 0.4) is 0 Å². The third-order valence-corrected chi connectivity index (χ3v) is 6.93. The molecule has 24 heavy (non-hydrogen) atoms. The maximum Gasteiger partial charge on any atom is 0.0858 e. The van der Waals surface area contributed by atoms with Gasteiger partial charge < -0.3 is 0 Å². The van der Waals surface area contributed by atoms with E-state index in [2.05, 4.69) is 67.6 Å². The lowest BCUT2D eigenvalue weighted by Crippen LogP contribution is -2.19. The Morgan fingerprint density at radius 1 is 0.917 bits per heavy atom. The van der Waals surface area contributed by atoms with Gasteiger partial charge >= 0.3 is 0 Å². The fraction of sp³-hybridized carbons (Fsp3) is 0.182. The second-order valence-corrected chi connectivity index (χ2v) is 8.28. The zero-order chi connectivity index (χ0) is 16.3. The summed E-state index contributed by atoms with van der Waals surface area (Å²) in [6.07, 6.45) is 1.81. The molecule has 0 N–H and O–H groups in total. The molecule has 1 aliphatic heterocycles. The number of rotatable bonds is 0. The van der Waals surface area contributed by atoms with Crippen LogP contribution in [-0.2, 0) is 23.6 Å². The first-order chi connectivity index (χ1) is 11.7. The molecular formula is C22H18OS. The van der Waals surface area contributed by atoms with E-state index in [1.54, 1.807) is 0 Å². The standard InChI is InChI=1S/C22H18OS/c1-14-5-10-21-20(11-14)19-13-16-8-6-15(7-9-16)12-17-3-2-4-18(19)22(17)24(21)23/h2-11,19H,12-13H2,1H3. The van der Waals surface area contributed by atoms with Gasteiger partial charge in [-0.3, -0.25) is 0 Å². The predicted octanol–water partition coefficient (Wildman–Crippen LogP) is 4.75. The van der Waals surface area contributed by atoms with E-state index in [9.17, 15) is 4.21 Å². The lowest BCUT2D eigenvalue weighted by molar-refractivity contribution is 0.666. The molecular weight excluding hydrogens is 312 g/mol. The number of fused-ring (bicyclic) bond motifs is 3. The van der Waals surface area contributed by atoms with Crippen molar-refractivity contribution in [1.29, 1.82) is 0 Å². The van der Waals surface area contributed by atoms with Crippen molar-refractivity contribution >= 4 is 10.8 Å². The van der Waals surface area contributed by atoms with E-state index in [0.29, 0.717) is 0 Å². The molecule has 2 atom stereocenters. The number of benzene rings is 3. The molecule has 0 radical (unpaired) electrons. The van der Waals surface area contributed by atoms with E-state index in [1.807, 2.05) is 0 Å². The van der Waals surface area contributed by atoms with Crippen molar-refractivity contribution in [2.75, 3.05) is 0 Å². The van der Waals surface area contributed by atoms with Crippen LogP contribution in [0.5, 0.6) is 0 Å². The lowest BCUT2D eigenvalue weighted by atomic mass is 9.82. The van der Waals surface area contributed by atoms with Crippen molar-refractivity contribution in [2.45, 2.75) is 35.5 Å². The van der Waals surface area contributed by atoms with Crippen molar-refractivity contribution in [3.63, 3.8) is 0 Å². The van der Waals surface area contributed by atoms with Gasteiger partial charge in [-0.2, -0.15) is 0 Å². The predicted molar refractivity (Wildman–Crippen MR) is 97.1 cm³/mol. The molecule has 2 aliphatic carbocycles. The van der Waals surface area contributed by atoms with Gasteiger partial charge in [0.2, 0.25) is 0 Å². The molecule has 2 heteroatoms. The summed E-state index contributed by atoms with van der Waals surface area (Å²) >= 11 is 0. The Balaban J connectivity index is 1.86. The average molecular weight is 330 g/mol. The minimum atomic E-state index is -1.08. The Bertz CT molecular complexity index is 985. The zero-order valence-corrected chi connectivity index (χ0v) is 14.4. The van der Waals surface area contributed by atoms with Gasteiger partial charge in [0.25, 0.3) is 0 Å². The third kappa shape index (κ3) is 2.03. The van der Waals surface area contributed by atoms with Gasteiger partial charge in [0, 0.05) is 10.8 Å². The van der Waals surface area contributed by atoms with E-state index in [-0.39, 0.29) is 5.92 Å². The topological polar surface area (TPSA) is 17.1 Å². The summed E-state index contributed by atoms with van der Waals surface area (Å²) in [6, 6.07) is 21.8. The molecule has 0 saturated heterocycles. The van der Waals surface area contributed by atoms with E-state index >= 15 is 0 Å². The molecule has 3 aromatic rings. The molecule has 6 rings (SSSR count). The van der Waals surface area contributed by atoms with Crippen molar-refractivity contribution in [3.05, 3.63) is 94.0 Å². The van der Waals surface area contributed by atoms with Gasteiger partial charge in [-0.05, 0) is 53.6 Å². The fourth-order valence-electron chi connectivity index (χ4n) is 4.10. The van der Waals surface area contributed by atoms with Crippen LogP contribution in [0.15, 0.2) is 70.5 Å². The average Bonchev–Trinajstić information content (AvgIpc) is 2.59. The van der Waals surface area contributed by atoms with E-state index in [1.165, 1.54) is 33.4 Å². The molecule has 2 unspecified atom stereocenters. The molecule has 0 aromatic heterocycles. The van der Waals surface area contributed by atoms with Crippen LogP contribution in [0.4, 0.5) is 0 Å². The normalized spacial score (nSPS) is 20.5. The molecule has 1 heterocycles. The summed E-state index contributed by atoms with van der Waals surface area (Å²) in [4.78, 5) is 2.06. The van der Waals surface area contributed by atoms with Crippen molar-refractivity contribution in [1.82, 2.24) is 0 Å². The molecule has 6 bridgehead atoms. The van der Waals surface area contributed by atoms with Gasteiger partial charge in [0.15, 0.2) is 0 Å². The van der Waals surface area contributed by atoms with Crippen molar-refractivity contribution in [2.24, 2.45) is 0 Å². The maximum absolute atomic E-state index is 13.3. The van der Waals surface area contributed by atoms with Crippen molar-refractivity contribution in [3.8, 4) is 0 Å². The summed E-state index contributed by atoms with van der Waals surface area (Å²) in [5, 5.41) is 0. The first-order valence-electron chi connectivity index (χ1n) is 8.42. The lowest BCUT2D eigenvalue weighted by Gasteiger charge is -2.30. The van der Waals surface area contributed by atoms with Gasteiger partial charge in [0.1, 0.15) is 0 Å². The van der Waals surface area contributed by atoms with Crippen LogP contribution in [0.25, 0.3) is 0 Å². The van der Waals surface area contributed by atoms with Crippen LogP contribution in [-0.4, -0.2) is 4.21 Å². The Kier molecular flexibility index (Phi) is 3.04. The van der Waals surface area contributed by atoms with Crippen LogP contribution in [0.2, 0.25) is 0 Å². The highest BCUT2D eigenvalue weighted by atomic mass is 32.2. The molecule has 3 aromatic carbocycles. The molecule has 0 saturated carbocycles. The second-order valence-electron chi connectivity index (χ2n) is 6.90. The monoisotopic (exact) mass is 330 g/mol. The van der Waals surface area contributed by atoms with Crippen LogP contribution in [0.1, 0.15) is 39.3 Å². The zero-order valence-electron chi connectivity index (χ0n) is 13.6. The third-order valence-electron chi connectivity index (χ3n) is 5.29. The maximum atomic E-state index is 13.3. The number of hydrogen-bond donors (Lipinski definition) is 0.